The third-order valence-corrected chi connectivity index (χ3v) is 3.89. The molecule has 0 saturated carbocycles. The summed E-state index contributed by atoms with van der Waals surface area (Å²) < 4.78 is 0. The van der Waals surface area contributed by atoms with Crippen LogP contribution in [0, 0.1) is 20.8 Å². The maximum atomic E-state index is 5.52. The van der Waals surface area contributed by atoms with Crippen LogP contribution < -0.4 is 11.3 Å². The van der Waals surface area contributed by atoms with Gasteiger partial charge in [0.2, 0.25) is 0 Å². The van der Waals surface area contributed by atoms with Crippen molar-refractivity contribution in [2.45, 2.75) is 44.2 Å². The predicted molar refractivity (Wildman–Crippen MR) is 81.8 cm³/mol. The number of nitrogen functional groups attached to an aromatic ring is 1. The molecule has 0 unspecified atom stereocenters. The average Bonchev–Trinajstić information content (AvgIpc) is 2.40. The number of hydrazine groups is 1. The van der Waals surface area contributed by atoms with Crippen LogP contribution in [-0.2, 0) is 6.42 Å². The molecule has 6 heteroatoms. The summed E-state index contributed by atoms with van der Waals surface area (Å²) in [5, 5.41) is 1.83. The summed E-state index contributed by atoms with van der Waals surface area (Å²) in [6.07, 6.45) is 0.767. The summed E-state index contributed by atoms with van der Waals surface area (Å²) in [6, 6.07) is 4.11. The second-order valence-electron chi connectivity index (χ2n) is 4.64. The van der Waals surface area contributed by atoms with Gasteiger partial charge < -0.3 is 5.43 Å². The van der Waals surface area contributed by atoms with Gasteiger partial charge in [-0.25, -0.2) is 20.8 Å². The van der Waals surface area contributed by atoms with E-state index in [9.17, 15) is 0 Å². The minimum absolute atomic E-state index is 0.670. The Kier molecular flexibility index (Phi) is 4.57. The molecule has 20 heavy (non-hydrogen) atoms. The third-order valence-electron chi connectivity index (χ3n) is 2.88. The maximum absolute atomic E-state index is 5.52. The SMILES string of the molecule is CCc1nc(NN)c(C)c(Sc2cc(C)cc(C)n2)n1. The zero-order valence-corrected chi connectivity index (χ0v) is 13.0. The van der Waals surface area contributed by atoms with Gasteiger partial charge >= 0.3 is 0 Å². The van der Waals surface area contributed by atoms with Crippen LogP contribution in [0.2, 0.25) is 0 Å². The van der Waals surface area contributed by atoms with Gasteiger partial charge in [0.1, 0.15) is 21.7 Å². The quantitative estimate of drug-likeness (QED) is 0.512. The van der Waals surface area contributed by atoms with Gasteiger partial charge in [0.25, 0.3) is 0 Å². The van der Waals surface area contributed by atoms with Crippen LogP contribution >= 0.6 is 11.8 Å². The highest BCUT2D eigenvalue weighted by Gasteiger charge is 2.12. The standard InChI is InChI=1S/C14H19N5S/c1-5-11-17-13(19-15)10(4)14(18-11)20-12-7-8(2)6-9(3)16-12/h6-7H,5,15H2,1-4H3,(H,17,18,19). The van der Waals surface area contributed by atoms with Gasteiger partial charge in [0, 0.05) is 17.7 Å². The molecule has 0 aliphatic heterocycles. The van der Waals surface area contributed by atoms with E-state index >= 15 is 0 Å². The Morgan fingerprint density at radius 1 is 1.15 bits per heavy atom. The predicted octanol–water partition coefficient (Wildman–Crippen LogP) is 2.80. The maximum Gasteiger partial charge on any atom is 0.147 e. The fourth-order valence-corrected chi connectivity index (χ4v) is 2.93. The number of pyridine rings is 1. The Morgan fingerprint density at radius 2 is 1.90 bits per heavy atom. The molecular formula is C14H19N5S. The van der Waals surface area contributed by atoms with E-state index in [1.807, 2.05) is 20.8 Å². The molecule has 2 aromatic heterocycles. The van der Waals surface area contributed by atoms with E-state index in [-0.39, 0.29) is 0 Å². The van der Waals surface area contributed by atoms with Crippen LogP contribution in [0.3, 0.4) is 0 Å². The molecule has 0 aromatic carbocycles. The number of nitrogens with zero attached hydrogens (tertiary/aromatic N) is 3. The molecule has 106 valence electrons. The first-order valence-corrected chi connectivity index (χ1v) is 7.32. The van der Waals surface area contributed by atoms with Crippen molar-refractivity contribution >= 4 is 17.6 Å². The fraction of sp³-hybridized carbons (Fsp3) is 0.357. The van der Waals surface area contributed by atoms with Crippen molar-refractivity contribution in [3.05, 3.63) is 34.8 Å². The molecule has 0 radical (unpaired) electrons. The molecule has 2 aromatic rings. The summed E-state index contributed by atoms with van der Waals surface area (Å²) in [5.41, 5.74) is 5.78. The van der Waals surface area contributed by atoms with Gasteiger partial charge in [-0.2, -0.15) is 0 Å². The topological polar surface area (TPSA) is 76.7 Å². The summed E-state index contributed by atoms with van der Waals surface area (Å²) in [7, 11) is 0. The monoisotopic (exact) mass is 289 g/mol. The first kappa shape index (κ1) is 14.7. The minimum atomic E-state index is 0.670. The van der Waals surface area contributed by atoms with Crippen molar-refractivity contribution in [1.82, 2.24) is 15.0 Å². The largest absolute Gasteiger partial charge is 0.308 e. The van der Waals surface area contributed by atoms with E-state index in [2.05, 4.69) is 39.4 Å². The van der Waals surface area contributed by atoms with Gasteiger partial charge in [-0.15, -0.1) is 0 Å². The lowest BCUT2D eigenvalue weighted by Gasteiger charge is -2.11. The number of anilines is 1. The Labute approximate surface area is 123 Å². The second kappa shape index (κ2) is 6.19. The lowest BCUT2D eigenvalue weighted by atomic mass is 10.3. The van der Waals surface area contributed by atoms with Crippen LogP contribution in [0.25, 0.3) is 0 Å². The smallest absolute Gasteiger partial charge is 0.147 e. The highest BCUT2D eigenvalue weighted by molar-refractivity contribution is 7.99. The number of hydrogen-bond donors (Lipinski definition) is 2. The molecule has 0 saturated heterocycles. The molecule has 0 bridgehead atoms. The number of nitrogens with one attached hydrogen (secondary N) is 1. The van der Waals surface area contributed by atoms with Crippen molar-refractivity contribution in [2.75, 3.05) is 5.43 Å². The van der Waals surface area contributed by atoms with Gasteiger partial charge in [0.15, 0.2) is 0 Å². The normalized spacial score (nSPS) is 10.7. The van der Waals surface area contributed by atoms with E-state index in [1.54, 1.807) is 11.8 Å². The Morgan fingerprint density at radius 3 is 2.50 bits per heavy atom. The minimum Gasteiger partial charge on any atom is -0.308 e. The van der Waals surface area contributed by atoms with E-state index in [4.69, 9.17) is 5.84 Å². The van der Waals surface area contributed by atoms with E-state index in [0.29, 0.717) is 5.82 Å². The summed E-state index contributed by atoms with van der Waals surface area (Å²) in [5.74, 6) is 6.96. The third kappa shape index (κ3) is 3.26. The van der Waals surface area contributed by atoms with Crippen LogP contribution in [0.4, 0.5) is 5.82 Å². The lowest BCUT2D eigenvalue weighted by molar-refractivity contribution is 0.870. The van der Waals surface area contributed by atoms with E-state index < -0.39 is 0 Å². The summed E-state index contributed by atoms with van der Waals surface area (Å²) in [6.45, 7) is 8.04. The van der Waals surface area contributed by atoms with Crippen LogP contribution in [-0.4, -0.2) is 15.0 Å². The molecule has 0 aliphatic carbocycles. The molecule has 2 rings (SSSR count). The number of rotatable bonds is 4. The van der Waals surface area contributed by atoms with Crippen LogP contribution in [0.5, 0.6) is 0 Å². The van der Waals surface area contributed by atoms with Crippen molar-refractivity contribution in [3.8, 4) is 0 Å². The molecule has 0 aliphatic rings. The second-order valence-corrected chi connectivity index (χ2v) is 5.65. The number of nitrogens with two attached hydrogens (primary N) is 1. The summed E-state index contributed by atoms with van der Waals surface area (Å²) >= 11 is 1.54. The van der Waals surface area contributed by atoms with Crippen molar-refractivity contribution in [1.29, 1.82) is 0 Å². The van der Waals surface area contributed by atoms with Crippen molar-refractivity contribution in [3.63, 3.8) is 0 Å². The molecule has 0 amide bonds. The molecular weight excluding hydrogens is 270 g/mol. The molecule has 0 spiro atoms. The Bertz CT molecular complexity index is 607. The van der Waals surface area contributed by atoms with Crippen molar-refractivity contribution < 1.29 is 0 Å². The van der Waals surface area contributed by atoms with Gasteiger partial charge in [-0.1, -0.05) is 6.92 Å². The Hall–Kier alpha value is -1.66. The molecule has 2 heterocycles. The molecule has 3 N–H and O–H groups in total. The lowest BCUT2D eigenvalue weighted by Crippen LogP contribution is -2.13. The van der Waals surface area contributed by atoms with Gasteiger partial charge in [-0.3, -0.25) is 0 Å². The molecule has 5 nitrogen and oxygen atoms in total. The zero-order chi connectivity index (χ0) is 14.7. The first-order valence-electron chi connectivity index (χ1n) is 6.50. The van der Waals surface area contributed by atoms with Crippen LogP contribution in [0.1, 0.15) is 29.6 Å². The number of aryl methyl sites for hydroxylation is 3. The number of hydrogen-bond acceptors (Lipinski definition) is 6. The van der Waals surface area contributed by atoms with Gasteiger partial charge in [0.05, 0.1) is 0 Å². The fourth-order valence-electron chi connectivity index (χ4n) is 1.89. The molecule has 0 atom stereocenters. The average molecular weight is 289 g/mol. The number of aromatic nitrogens is 3. The van der Waals surface area contributed by atoms with Crippen molar-refractivity contribution in [2.24, 2.45) is 5.84 Å². The van der Waals surface area contributed by atoms with E-state index in [0.717, 1.165) is 33.6 Å². The zero-order valence-electron chi connectivity index (χ0n) is 12.2. The highest BCUT2D eigenvalue weighted by Crippen LogP contribution is 2.30. The highest BCUT2D eigenvalue weighted by atomic mass is 32.2. The summed E-state index contributed by atoms with van der Waals surface area (Å²) in [4.78, 5) is 13.5. The first-order chi connectivity index (χ1) is 9.53. The van der Waals surface area contributed by atoms with Gasteiger partial charge in [-0.05, 0) is 50.2 Å². The van der Waals surface area contributed by atoms with E-state index in [1.165, 1.54) is 5.56 Å². The molecule has 0 fully saturated rings. The Balaban J connectivity index is 2.41. The van der Waals surface area contributed by atoms with Crippen LogP contribution in [0.15, 0.2) is 22.2 Å².